The Bertz CT molecular complexity index is 872. The number of carbonyl (C=O) groups is 1. The zero-order valence-electron chi connectivity index (χ0n) is 14.0. The molecule has 0 atom stereocenters. The summed E-state index contributed by atoms with van der Waals surface area (Å²) in [6.45, 7) is 4.01. The molecule has 6 nitrogen and oxygen atoms in total. The van der Waals surface area contributed by atoms with E-state index in [-0.39, 0.29) is 11.7 Å². The van der Waals surface area contributed by atoms with E-state index in [4.69, 9.17) is 0 Å². The molecule has 2 heterocycles. The van der Waals surface area contributed by atoms with Gasteiger partial charge >= 0.3 is 0 Å². The molecule has 0 spiro atoms. The van der Waals surface area contributed by atoms with Crippen molar-refractivity contribution in [2.45, 2.75) is 33.1 Å². The lowest BCUT2D eigenvalue weighted by Crippen LogP contribution is -2.14. The summed E-state index contributed by atoms with van der Waals surface area (Å²) in [5.41, 5.74) is 1.93. The van der Waals surface area contributed by atoms with E-state index in [2.05, 4.69) is 27.5 Å². The number of aromatic nitrogens is 4. The van der Waals surface area contributed by atoms with Gasteiger partial charge in [0, 0.05) is 6.42 Å². The van der Waals surface area contributed by atoms with Crippen LogP contribution in [0.3, 0.4) is 0 Å². The highest BCUT2D eigenvalue weighted by Gasteiger charge is 2.18. The number of benzene rings is 1. The van der Waals surface area contributed by atoms with Gasteiger partial charge in [0.2, 0.25) is 5.13 Å². The summed E-state index contributed by atoms with van der Waals surface area (Å²) in [4.78, 5) is 12.6. The second-order valence-electron chi connectivity index (χ2n) is 5.45. The van der Waals surface area contributed by atoms with Crippen molar-refractivity contribution in [2.24, 2.45) is 0 Å². The maximum Gasteiger partial charge on any atom is 0.260 e. The molecule has 1 amide bonds. The lowest BCUT2D eigenvalue weighted by molar-refractivity contribution is 0.102. The normalized spacial score (nSPS) is 10.8. The minimum atomic E-state index is -0.314. The maximum absolute atomic E-state index is 13.1. The van der Waals surface area contributed by atoms with Gasteiger partial charge in [0.1, 0.15) is 10.8 Å². The predicted octanol–water partition coefficient (Wildman–Crippen LogP) is 3.63. The predicted molar refractivity (Wildman–Crippen MR) is 94.8 cm³/mol. The van der Waals surface area contributed by atoms with Crippen LogP contribution in [0.2, 0.25) is 0 Å². The number of hydrogen-bond acceptors (Lipinski definition) is 5. The van der Waals surface area contributed by atoms with E-state index in [1.165, 1.54) is 29.7 Å². The van der Waals surface area contributed by atoms with Gasteiger partial charge in [-0.1, -0.05) is 25.2 Å². The molecular weight excluding hydrogens is 341 g/mol. The van der Waals surface area contributed by atoms with Crippen molar-refractivity contribution in [2.75, 3.05) is 5.32 Å². The van der Waals surface area contributed by atoms with Gasteiger partial charge in [0.25, 0.3) is 5.91 Å². The van der Waals surface area contributed by atoms with Crippen LogP contribution in [0.15, 0.2) is 30.5 Å². The van der Waals surface area contributed by atoms with E-state index in [0.29, 0.717) is 22.8 Å². The Morgan fingerprint density at radius 2 is 2.00 bits per heavy atom. The molecule has 130 valence electrons. The van der Waals surface area contributed by atoms with Crippen LogP contribution in [0, 0.1) is 5.82 Å². The van der Waals surface area contributed by atoms with Crippen LogP contribution in [0.25, 0.3) is 5.69 Å². The molecule has 0 aliphatic heterocycles. The van der Waals surface area contributed by atoms with Crippen molar-refractivity contribution in [1.82, 2.24) is 20.0 Å². The fourth-order valence-corrected chi connectivity index (χ4v) is 3.33. The molecule has 0 saturated carbocycles. The first kappa shape index (κ1) is 17.2. The molecule has 0 fully saturated rings. The topological polar surface area (TPSA) is 72.7 Å². The second-order valence-corrected chi connectivity index (χ2v) is 6.51. The van der Waals surface area contributed by atoms with Crippen LogP contribution >= 0.6 is 11.3 Å². The molecule has 0 radical (unpaired) electrons. The molecule has 0 saturated heterocycles. The van der Waals surface area contributed by atoms with Gasteiger partial charge in [-0.25, -0.2) is 9.07 Å². The van der Waals surface area contributed by atoms with E-state index in [9.17, 15) is 9.18 Å². The molecule has 0 aliphatic carbocycles. The standard InChI is InChI=1S/C17H18FN5OS/c1-3-5-15-21-22-17(25-15)20-16(24)13-10-19-23(14(13)4-2)12-8-6-11(18)7-9-12/h6-10H,3-5H2,1-2H3,(H,20,22,24). The SMILES string of the molecule is CCCc1nnc(NC(=O)c2cnn(-c3ccc(F)cc3)c2CC)s1. The van der Waals surface area contributed by atoms with Crippen LogP contribution in [0.4, 0.5) is 9.52 Å². The number of hydrogen-bond donors (Lipinski definition) is 1. The molecule has 0 aliphatic rings. The highest BCUT2D eigenvalue weighted by atomic mass is 32.1. The molecule has 3 aromatic rings. The number of halogens is 1. The highest BCUT2D eigenvalue weighted by Crippen LogP contribution is 2.20. The molecule has 0 bridgehead atoms. The quantitative estimate of drug-likeness (QED) is 0.729. The maximum atomic E-state index is 13.1. The average Bonchev–Trinajstić information content (AvgIpc) is 3.22. The Morgan fingerprint density at radius 1 is 1.24 bits per heavy atom. The summed E-state index contributed by atoms with van der Waals surface area (Å²) in [6, 6.07) is 6.00. The number of nitrogens with zero attached hydrogens (tertiary/aromatic N) is 4. The zero-order valence-corrected chi connectivity index (χ0v) is 14.8. The molecule has 3 rings (SSSR count). The Hall–Kier alpha value is -2.61. The largest absolute Gasteiger partial charge is 0.296 e. The lowest BCUT2D eigenvalue weighted by Gasteiger charge is -2.07. The monoisotopic (exact) mass is 359 g/mol. The number of aryl methyl sites for hydroxylation is 1. The third-order valence-corrected chi connectivity index (χ3v) is 4.57. The minimum Gasteiger partial charge on any atom is -0.296 e. The summed E-state index contributed by atoms with van der Waals surface area (Å²) < 4.78 is 14.8. The Kier molecular flexibility index (Phi) is 5.18. The summed E-state index contributed by atoms with van der Waals surface area (Å²) in [6.07, 6.45) is 3.95. The van der Waals surface area contributed by atoms with E-state index < -0.39 is 0 Å². The molecule has 8 heteroatoms. The summed E-state index contributed by atoms with van der Waals surface area (Å²) in [5, 5.41) is 16.5. The van der Waals surface area contributed by atoms with Crippen LogP contribution in [0.1, 0.15) is 41.3 Å². The fraction of sp³-hybridized carbons (Fsp3) is 0.294. The third-order valence-electron chi connectivity index (χ3n) is 3.67. The Labute approximate surface area is 148 Å². The van der Waals surface area contributed by atoms with E-state index >= 15 is 0 Å². The molecule has 2 aromatic heterocycles. The molecule has 0 unspecified atom stereocenters. The first-order chi connectivity index (χ1) is 12.1. The van der Waals surface area contributed by atoms with E-state index in [1.807, 2.05) is 6.92 Å². The fourth-order valence-electron chi connectivity index (χ4n) is 2.49. The molecule has 1 N–H and O–H groups in total. The van der Waals surface area contributed by atoms with Crippen LogP contribution < -0.4 is 5.32 Å². The smallest absolute Gasteiger partial charge is 0.260 e. The van der Waals surface area contributed by atoms with Crippen molar-refractivity contribution >= 4 is 22.4 Å². The van der Waals surface area contributed by atoms with Crippen molar-refractivity contribution in [3.63, 3.8) is 0 Å². The summed E-state index contributed by atoms with van der Waals surface area (Å²) in [5.74, 6) is -0.588. The first-order valence-electron chi connectivity index (χ1n) is 8.09. The molecule has 25 heavy (non-hydrogen) atoms. The number of amides is 1. The van der Waals surface area contributed by atoms with E-state index in [1.54, 1.807) is 16.8 Å². The summed E-state index contributed by atoms with van der Waals surface area (Å²) >= 11 is 1.38. The van der Waals surface area contributed by atoms with Gasteiger partial charge in [-0.2, -0.15) is 5.10 Å². The third kappa shape index (κ3) is 3.74. The van der Waals surface area contributed by atoms with Gasteiger partial charge in [-0.15, -0.1) is 10.2 Å². The van der Waals surface area contributed by atoms with Crippen molar-refractivity contribution in [3.8, 4) is 5.69 Å². The number of anilines is 1. The van der Waals surface area contributed by atoms with Crippen LogP contribution in [0.5, 0.6) is 0 Å². The number of carbonyl (C=O) groups excluding carboxylic acids is 1. The van der Waals surface area contributed by atoms with Crippen molar-refractivity contribution in [1.29, 1.82) is 0 Å². The van der Waals surface area contributed by atoms with Gasteiger partial charge < -0.3 is 0 Å². The Balaban J connectivity index is 1.84. The highest BCUT2D eigenvalue weighted by molar-refractivity contribution is 7.15. The van der Waals surface area contributed by atoms with E-state index in [0.717, 1.165) is 23.5 Å². The van der Waals surface area contributed by atoms with Crippen LogP contribution in [-0.4, -0.2) is 25.9 Å². The van der Waals surface area contributed by atoms with Gasteiger partial charge in [-0.3, -0.25) is 10.1 Å². The zero-order chi connectivity index (χ0) is 17.8. The van der Waals surface area contributed by atoms with Crippen LogP contribution in [-0.2, 0) is 12.8 Å². The average molecular weight is 359 g/mol. The van der Waals surface area contributed by atoms with Gasteiger partial charge in [0.15, 0.2) is 0 Å². The molecular formula is C17H18FN5OS. The minimum absolute atomic E-state index is 0.274. The van der Waals surface area contributed by atoms with Gasteiger partial charge in [-0.05, 0) is 37.1 Å². The van der Waals surface area contributed by atoms with Crippen molar-refractivity contribution in [3.05, 3.63) is 52.5 Å². The lowest BCUT2D eigenvalue weighted by atomic mass is 10.2. The van der Waals surface area contributed by atoms with Gasteiger partial charge in [0.05, 0.1) is 23.1 Å². The number of rotatable bonds is 6. The molecule has 1 aromatic carbocycles. The Morgan fingerprint density at radius 3 is 2.68 bits per heavy atom. The number of nitrogens with one attached hydrogen (secondary N) is 1. The summed E-state index contributed by atoms with van der Waals surface area (Å²) in [7, 11) is 0. The first-order valence-corrected chi connectivity index (χ1v) is 8.90. The second kappa shape index (κ2) is 7.52. The van der Waals surface area contributed by atoms with Crippen molar-refractivity contribution < 1.29 is 9.18 Å².